The molecular weight excluding hydrogens is 240 g/mol. The Morgan fingerprint density at radius 2 is 1.60 bits per heavy atom. The van der Waals surface area contributed by atoms with Gasteiger partial charge in [-0.15, -0.1) is 0 Å². The van der Waals surface area contributed by atoms with Crippen LogP contribution in [0.3, 0.4) is 0 Å². The molecule has 0 aliphatic carbocycles. The molecule has 0 saturated carbocycles. The highest BCUT2D eigenvalue weighted by atomic mass is 14.2. The van der Waals surface area contributed by atoms with Crippen molar-refractivity contribution in [3.05, 3.63) is 47.6 Å². The summed E-state index contributed by atoms with van der Waals surface area (Å²) in [6, 6.07) is 0. The fraction of sp³-hybridized carbons (Fsp3) is 0.600. The van der Waals surface area contributed by atoms with Gasteiger partial charge in [0.05, 0.1) is 0 Å². The van der Waals surface area contributed by atoms with E-state index >= 15 is 0 Å². The van der Waals surface area contributed by atoms with Crippen LogP contribution in [0.15, 0.2) is 47.6 Å². The van der Waals surface area contributed by atoms with Crippen LogP contribution in [0.2, 0.25) is 0 Å². The molecule has 0 N–H and O–H groups in total. The summed E-state index contributed by atoms with van der Waals surface area (Å²) in [4.78, 5) is 0. The third-order valence-corrected chi connectivity index (χ3v) is 2.81. The van der Waals surface area contributed by atoms with Crippen LogP contribution in [-0.2, 0) is 0 Å². The minimum absolute atomic E-state index is 0.634. The Bertz CT molecular complexity index is 296. The maximum absolute atomic E-state index is 3.73. The van der Waals surface area contributed by atoms with Crippen LogP contribution in [0.25, 0.3) is 0 Å². The fourth-order valence-corrected chi connectivity index (χ4v) is 2.01. The Balaban J connectivity index is -0.000000656. The second-order valence-electron chi connectivity index (χ2n) is 4.44. The number of allylic oxidation sites excluding steroid dienone is 7. The van der Waals surface area contributed by atoms with Crippen molar-refractivity contribution in [3.8, 4) is 0 Å². The average molecular weight is 279 g/mol. The van der Waals surface area contributed by atoms with Gasteiger partial charge in [0.15, 0.2) is 0 Å². The summed E-state index contributed by atoms with van der Waals surface area (Å²) < 4.78 is 0. The lowest BCUT2D eigenvalue weighted by Crippen LogP contribution is -2.02. The molecular formula is C20H38. The first-order valence-corrected chi connectivity index (χ1v) is 8.21. The molecule has 0 heteroatoms. The summed E-state index contributed by atoms with van der Waals surface area (Å²) in [6.07, 6.45) is 10.8. The van der Waals surface area contributed by atoms with Crippen molar-refractivity contribution < 1.29 is 0 Å². The van der Waals surface area contributed by atoms with E-state index in [-0.39, 0.29) is 0 Å². The quantitative estimate of drug-likeness (QED) is 0.441. The highest BCUT2D eigenvalue weighted by Gasteiger charge is 2.10. The third kappa shape index (κ3) is 10.8. The Morgan fingerprint density at radius 1 is 1.10 bits per heavy atom. The number of hydrogen-bond donors (Lipinski definition) is 0. The van der Waals surface area contributed by atoms with Crippen LogP contribution in [0.5, 0.6) is 0 Å². The van der Waals surface area contributed by atoms with Crippen LogP contribution >= 0.6 is 0 Å². The Labute approximate surface area is 129 Å². The summed E-state index contributed by atoms with van der Waals surface area (Å²) in [5, 5.41) is 0. The molecule has 1 unspecified atom stereocenters. The van der Waals surface area contributed by atoms with E-state index in [0.717, 1.165) is 0 Å². The normalized spacial score (nSPS) is 11.8. The monoisotopic (exact) mass is 278 g/mol. The van der Waals surface area contributed by atoms with Gasteiger partial charge in [-0.25, -0.2) is 0 Å². The molecule has 0 rings (SSSR count). The van der Waals surface area contributed by atoms with E-state index in [1.165, 1.54) is 29.6 Å². The molecule has 0 spiro atoms. The molecule has 0 bridgehead atoms. The smallest absolute Gasteiger partial charge is 0.0188 e. The van der Waals surface area contributed by atoms with Crippen LogP contribution in [0, 0.1) is 5.92 Å². The SMILES string of the molecule is C=C/C=C\C(=C(C)C)/C(=C\C)C(C)CCC.CC.CC. The Morgan fingerprint density at radius 3 is 1.90 bits per heavy atom. The van der Waals surface area contributed by atoms with Crippen LogP contribution < -0.4 is 0 Å². The molecule has 20 heavy (non-hydrogen) atoms. The molecule has 0 aliphatic heterocycles. The molecule has 0 fully saturated rings. The second kappa shape index (κ2) is 18.0. The lowest BCUT2D eigenvalue weighted by Gasteiger charge is -2.18. The molecule has 0 saturated heterocycles. The molecule has 0 heterocycles. The minimum atomic E-state index is 0.634. The molecule has 0 aromatic heterocycles. The van der Waals surface area contributed by atoms with E-state index in [1.807, 2.05) is 39.8 Å². The van der Waals surface area contributed by atoms with Gasteiger partial charge in [-0.05, 0) is 44.3 Å². The zero-order chi connectivity index (χ0) is 16.6. The van der Waals surface area contributed by atoms with Crippen molar-refractivity contribution in [2.24, 2.45) is 5.92 Å². The first-order valence-electron chi connectivity index (χ1n) is 8.21. The molecule has 1 atom stereocenters. The number of hydrogen-bond acceptors (Lipinski definition) is 0. The summed E-state index contributed by atoms with van der Waals surface area (Å²) in [5.41, 5.74) is 4.19. The molecule has 0 nitrogen and oxygen atoms in total. The average Bonchev–Trinajstić information content (AvgIpc) is 2.47. The molecule has 118 valence electrons. The maximum atomic E-state index is 3.73. The highest BCUT2D eigenvalue weighted by molar-refractivity contribution is 5.44. The van der Waals surface area contributed by atoms with Crippen molar-refractivity contribution in [1.82, 2.24) is 0 Å². The zero-order valence-corrected chi connectivity index (χ0v) is 15.5. The van der Waals surface area contributed by atoms with Crippen LogP contribution in [0.4, 0.5) is 0 Å². The van der Waals surface area contributed by atoms with Gasteiger partial charge in [0.2, 0.25) is 0 Å². The largest absolute Gasteiger partial charge is 0.0991 e. The van der Waals surface area contributed by atoms with Crippen molar-refractivity contribution in [3.63, 3.8) is 0 Å². The summed E-state index contributed by atoms with van der Waals surface area (Å²) in [6.45, 7) is 22.8. The van der Waals surface area contributed by atoms with E-state index in [1.54, 1.807) is 0 Å². The Hall–Kier alpha value is -1.04. The second-order valence-corrected chi connectivity index (χ2v) is 4.44. The van der Waals surface area contributed by atoms with E-state index in [0.29, 0.717) is 5.92 Å². The van der Waals surface area contributed by atoms with Gasteiger partial charge in [0.1, 0.15) is 0 Å². The molecule has 0 aliphatic rings. The summed E-state index contributed by atoms with van der Waals surface area (Å²) in [7, 11) is 0. The van der Waals surface area contributed by atoms with Gasteiger partial charge in [-0.2, -0.15) is 0 Å². The van der Waals surface area contributed by atoms with E-state index in [9.17, 15) is 0 Å². The van der Waals surface area contributed by atoms with Gasteiger partial charge < -0.3 is 0 Å². The van der Waals surface area contributed by atoms with Crippen LogP contribution in [0.1, 0.15) is 75.2 Å². The van der Waals surface area contributed by atoms with Crippen molar-refractivity contribution >= 4 is 0 Å². The molecule has 0 amide bonds. The first-order chi connectivity index (χ1) is 9.58. The molecule has 0 aromatic rings. The third-order valence-electron chi connectivity index (χ3n) is 2.81. The van der Waals surface area contributed by atoms with Gasteiger partial charge in [0.25, 0.3) is 0 Å². The van der Waals surface area contributed by atoms with Crippen molar-refractivity contribution in [2.75, 3.05) is 0 Å². The maximum Gasteiger partial charge on any atom is -0.0188 e. The predicted molar refractivity (Wildman–Crippen MR) is 98.2 cm³/mol. The topological polar surface area (TPSA) is 0 Å². The lowest BCUT2D eigenvalue weighted by molar-refractivity contribution is 0.607. The predicted octanol–water partition coefficient (Wildman–Crippen LogP) is 7.50. The van der Waals surface area contributed by atoms with E-state index in [2.05, 4.69) is 53.3 Å². The van der Waals surface area contributed by atoms with Crippen molar-refractivity contribution in [1.29, 1.82) is 0 Å². The van der Waals surface area contributed by atoms with Gasteiger partial charge in [-0.1, -0.05) is 84.4 Å². The Kier molecular flexibility index (Phi) is 21.6. The fourth-order valence-electron chi connectivity index (χ4n) is 2.01. The van der Waals surface area contributed by atoms with Crippen molar-refractivity contribution in [2.45, 2.75) is 75.2 Å². The summed E-state index contributed by atoms with van der Waals surface area (Å²) >= 11 is 0. The first kappa shape index (κ1) is 24.0. The zero-order valence-electron chi connectivity index (χ0n) is 15.5. The van der Waals surface area contributed by atoms with E-state index < -0.39 is 0 Å². The minimum Gasteiger partial charge on any atom is -0.0991 e. The lowest BCUT2D eigenvalue weighted by atomic mass is 9.88. The molecule has 0 aromatic carbocycles. The standard InChI is InChI=1S/C16H26.2C2H6/c1-7-10-12-16(13(4)5)15(9-3)14(6)11-8-2;2*1-2/h7,9-10,12,14H,1,8,11H2,2-6H3;2*1-2H3/b12-10-,15-9-;;. The number of rotatable bonds is 6. The summed E-state index contributed by atoms with van der Waals surface area (Å²) in [5.74, 6) is 0.634. The van der Waals surface area contributed by atoms with Gasteiger partial charge in [-0.3, -0.25) is 0 Å². The highest BCUT2D eigenvalue weighted by Crippen LogP contribution is 2.27. The van der Waals surface area contributed by atoms with E-state index in [4.69, 9.17) is 0 Å². The molecule has 0 radical (unpaired) electrons. The van der Waals surface area contributed by atoms with Gasteiger partial charge in [0, 0.05) is 0 Å². The van der Waals surface area contributed by atoms with Gasteiger partial charge >= 0.3 is 0 Å². The van der Waals surface area contributed by atoms with Crippen LogP contribution in [-0.4, -0.2) is 0 Å².